The summed E-state index contributed by atoms with van der Waals surface area (Å²) in [5, 5.41) is 12.6. The minimum atomic E-state index is -0.164. The molecule has 1 amide bonds. The summed E-state index contributed by atoms with van der Waals surface area (Å²) in [6.45, 7) is 0. The van der Waals surface area contributed by atoms with Gasteiger partial charge in [0, 0.05) is 12.1 Å². The Morgan fingerprint density at radius 3 is 2.33 bits per heavy atom. The Balaban J connectivity index is 1.55. The molecule has 3 aliphatic rings. The molecule has 3 fully saturated rings. The van der Waals surface area contributed by atoms with Gasteiger partial charge in [0.05, 0.1) is 12.0 Å². The number of hydrogen-bond acceptors (Lipinski definition) is 3. The van der Waals surface area contributed by atoms with Gasteiger partial charge in [-0.25, -0.2) is 0 Å². The molecule has 0 radical (unpaired) electrons. The molecule has 3 rings (SSSR count). The van der Waals surface area contributed by atoms with Crippen molar-refractivity contribution in [3.63, 3.8) is 0 Å². The fourth-order valence-electron chi connectivity index (χ4n) is 4.24. The maximum Gasteiger partial charge on any atom is 0.225 e. The molecule has 0 heterocycles. The molecular weight excluding hydrogens is 228 g/mol. The van der Waals surface area contributed by atoms with Crippen molar-refractivity contribution in [2.24, 2.45) is 23.5 Å². The van der Waals surface area contributed by atoms with Gasteiger partial charge >= 0.3 is 0 Å². The number of carbonyl (C=O) groups excluding carboxylic acids is 1. The van der Waals surface area contributed by atoms with E-state index in [0.29, 0.717) is 11.8 Å². The van der Waals surface area contributed by atoms with E-state index in [0.717, 1.165) is 32.1 Å². The van der Waals surface area contributed by atoms with Gasteiger partial charge in [-0.1, -0.05) is 0 Å². The van der Waals surface area contributed by atoms with E-state index in [1.165, 1.54) is 12.8 Å². The molecule has 2 bridgehead atoms. The highest BCUT2D eigenvalue weighted by Gasteiger charge is 2.49. The first kappa shape index (κ1) is 12.4. The quantitative estimate of drug-likeness (QED) is 0.680. The fraction of sp³-hybridized carbons (Fsp3) is 0.929. The van der Waals surface area contributed by atoms with Crippen LogP contribution >= 0.6 is 0 Å². The number of rotatable bonds is 2. The molecule has 0 aromatic carbocycles. The van der Waals surface area contributed by atoms with Crippen LogP contribution in [0.1, 0.15) is 44.9 Å². The zero-order valence-corrected chi connectivity index (χ0v) is 10.8. The lowest BCUT2D eigenvalue weighted by Gasteiger charge is -2.31. The third kappa shape index (κ3) is 2.16. The maximum atomic E-state index is 12.3. The first-order valence-corrected chi connectivity index (χ1v) is 7.39. The van der Waals surface area contributed by atoms with Crippen molar-refractivity contribution in [2.75, 3.05) is 0 Å². The molecule has 4 unspecified atom stereocenters. The predicted octanol–water partition coefficient (Wildman–Crippen LogP) is 0.779. The summed E-state index contributed by atoms with van der Waals surface area (Å²) < 4.78 is 0. The Morgan fingerprint density at radius 1 is 1.06 bits per heavy atom. The van der Waals surface area contributed by atoms with E-state index in [1.54, 1.807) is 0 Å². The normalized spacial score (nSPS) is 47.2. The molecule has 4 N–H and O–H groups in total. The summed E-state index contributed by atoms with van der Waals surface area (Å²) in [5.74, 6) is 1.34. The number of amides is 1. The van der Waals surface area contributed by atoms with Crippen LogP contribution in [0.4, 0.5) is 0 Å². The highest BCUT2D eigenvalue weighted by molar-refractivity contribution is 5.80. The lowest BCUT2D eigenvalue weighted by Crippen LogP contribution is -2.49. The van der Waals surface area contributed by atoms with E-state index in [9.17, 15) is 9.90 Å². The number of nitrogens with one attached hydrogen (secondary N) is 1. The summed E-state index contributed by atoms with van der Waals surface area (Å²) in [4.78, 5) is 12.3. The monoisotopic (exact) mass is 252 g/mol. The van der Waals surface area contributed by atoms with Crippen molar-refractivity contribution in [3.05, 3.63) is 0 Å². The molecular formula is C14H24N2O2. The lowest BCUT2D eigenvalue weighted by atomic mass is 9.83. The number of nitrogens with two attached hydrogens (primary N) is 1. The molecule has 3 aliphatic carbocycles. The second-order valence-corrected chi connectivity index (χ2v) is 6.45. The van der Waals surface area contributed by atoms with Crippen LogP contribution in [0, 0.1) is 17.8 Å². The number of fused-ring (bicyclic) bond motifs is 2. The first-order chi connectivity index (χ1) is 8.65. The maximum absolute atomic E-state index is 12.3. The van der Waals surface area contributed by atoms with E-state index in [2.05, 4.69) is 5.32 Å². The summed E-state index contributed by atoms with van der Waals surface area (Å²) in [5.41, 5.74) is 6.19. The average Bonchev–Trinajstić information content (AvgIpc) is 2.92. The van der Waals surface area contributed by atoms with Gasteiger partial charge in [0.25, 0.3) is 0 Å². The van der Waals surface area contributed by atoms with E-state index in [1.807, 2.05) is 0 Å². The third-order valence-corrected chi connectivity index (χ3v) is 5.33. The second-order valence-electron chi connectivity index (χ2n) is 6.45. The first-order valence-electron chi connectivity index (χ1n) is 7.39. The van der Waals surface area contributed by atoms with Crippen molar-refractivity contribution in [1.29, 1.82) is 0 Å². The number of hydrogen-bond donors (Lipinski definition) is 3. The molecule has 0 spiro atoms. The Hall–Kier alpha value is -0.610. The van der Waals surface area contributed by atoms with Crippen LogP contribution in [-0.2, 0) is 4.79 Å². The van der Waals surface area contributed by atoms with Crippen molar-refractivity contribution < 1.29 is 9.90 Å². The van der Waals surface area contributed by atoms with Crippen LogP contribution in [0.5, 0.6) is 0 Å². The second kappa shape index (κ2) is 4.82. The fourth-order valence-corrected chi connectivity index (χ4v) is 4.24. The SMILES string of the molecule is NC1C2CCC(C2)C1C(=O)NC1CCC(O)CC1. The van der Waals surface area contributed by atoms with Crippen molar-refractivity contribution in [1.82, 2.24) is 5.32 Å². The molecule has 18 heavy (non-hydrogen) atoms. The Bertz CT molecular complexity index is 324. The van der Waals surface area contributed by atoms with Crippen LogP contribution in [0.15, 0.2) is 0 Å². The van der Waals surface area contributed by atoms with E-state index in [-0.39, 0.29) is 30.0 Å². The van der Waals surface area contributed by atoms with Crippen LogP contribution < -0.4 is 11.1 Å². The lowest BCUT2D eigenvalue weighted by molar-refractivity contribution is -0.128. The van der Waals surface area contributed by atoms with Gasteiger partial charge in [-0.05, 0) is 56.8 Å². The molecule has 4 heteroatoms. The van der Waals surface area contributed by atoms with Gasteiger partial charge in [-0.2, -0.15) is 0 Å². The summed E-state index contributed by atoms with van der Waals surface area (Å²) >= 11 is 0. The van der Waals surface area contributed by atoms with Gasteiger partial charge in [0.15, 0.2) is 0 Å². The smallest absolute Gasteiger partial charge is 0.225 e. The molecule has 0 aromatic heterocycles. The highest BCUT2D eigenvalue weighted by atomic mass is 16.3. The van der Waals surface area contributed by atoms with Gasteiger partial charge in [-0.3, -0.25) is 4.79 Å². The van der Waals surface area contributed by atoms with Crippen molar-refractivity contribution in [2.45, 2.75) is 63.1 Å². The van der Waals surface area contributed by atoms with Crippen molar-refractivity contribution >= 4 is 5.91 Å². The minimum Gasteiger partial charge on any atom is -0.393 e. The molecule has 0 aliphatic heterocycles. The van der Waals surface area contributed by atoms with Gasteiger partial charge in [-0.15, -0.1) is 0 Å². The summed E-state index contributed by atoms with van der Waals surface area (Å²) in [6.07, 6.45) is 6.82. The standard InChI is InChI=1S/C14H24N2O2/c15-13-9-2-1-8(7-9)12(13)14(18)16-10-3-5-11(17)6-4-10/h8-13,17H,1-7,15H2,(H,16,18). The summed E-state index contributed by atoms with van der Waals surface area (Å²) in [7, 11) is 0. The van der Waals surface area contributed by atoms with E-state index >= 15 is 0 Å². The summed E-state index contributed by atoms with van der Waals surface area (Å²) in [6, 6.07) is 0.338. The molecule has 102 valence electrons. The highest BCUT2D eigenvalue weighted by Crippen LogP contribution is 2.47. The van der Waals surface area contributed by atoms with E-state index < -0.39 is 0 Å². The number of carbonyl (C=O) groups is 1. The van der Waals surface area contributed by atoms with Crippen LogP contribution in [0.2, 0.25) is 0 Å². The van der Waals surface area contributed by atoms with Gasteiger partial charge < -0.3 is 16.2 Å². The third-order valence-electron chi connectivity index (χ3n) is 5.33. The molecule has 4 nitrogen and oxygen atoms in total. The van der Waals surface area contributed by atoms with Gasteiger partial charge in [0.2, 0.25) is 5.91 Å². The van der Waals surface area contributed by atoms with E-state index in [4.69, 9.17) is 5.73 Å². The molecule has 4 atom stereocenters. The predicted molar refractivity (Wildman–Crippen MR) is 68.7 cm³/mol. The van der Waals surface area contributed by atoms with Crippen LogP contribution in [-0.4, -0.2) is 29.2 Å². The number of aliphatic hydroxyl groups is 1. The van der Waals surface area contributed by atoms with Crippen LogP contribution in [0.25, 0.3) is 0 Å². The van der Waals surface area contributed by atoms with Crippen LogP contribution in [0.3, 0.4) is 0 Å². The Morgan fingerprint density at radius 2 is 1.72 bits per heavy atom. The van der Waals surface area contributed by atoms with Crippen molar-refractivity contribution in [3.8, 4) is 0 Å². The molecule has 0 aromatic rings. The molecule has 3 saturated carbocycles. The zero-order chi connectivity index (χ0) is 12.7. The van der Waals surface area contributed by atoms with Gasteiger partial charge in [0.1, 0.15) is 0 Å². The molecule has 0 saturated heterocycles. The number of aliphatic hydroxyl groups excluding tert-OH is 1. The zero-order valence-electron chi connectivity index (χ0n) is 10.8. The average molecular weight is 252 g/mol. The topological polar surface area (TPSA) is 75.4 Å². The Labute approximate surface area is 108 Å². The Kier molecular flexibility index (Phi) is 3.32. The minimum absolute atomic E-state index is 0.0515. The largest absolute Gasteiger partial charge is 0.393 e.